The molecule has 0 fully saturated rings. The number of nitrogens with one attached hydrogen (secondary N) is 1. The van der Waals surface area contributed by atoms with Gasteiger partial charge < -0.3 is 10.1 Å². The number of nitrogens with zero attached hydrogens (tertiary/aromatic N) is 1. The van der Waals surface area contributed by atoms with E-state index in [-0.39, 0.29) is 5.41 Å². The van der Waals surface area contributed by atoms with E-state index in [2.05, 4.69) is 24.1 Å². The number of halogens is 1. The van der Waals surface area contributed by atoms with Crippen molar-refractivity contribution in [2.75, 3.05) is 19.5 Å². The second-order valence-corrected chi connectivity index (χ2v) is 4.88. The molecule has 18 heavy (non-hydrogen) atoms. The van der Waals surface area contributed by atoms with Crippen molar-refractivity contribution in [2.45, 2.75) is 33.2 Å². The molecule has 1 heterocycles. The van der Waals surface area contributed by atoms with Crippen LogP contribution in [0.3, 0.4) is 0 Å². The van der Waals surface area contributed by atoms with Gasteiger partial charge in [-0.25, -0.2) is 4.98 Å². The number of hydrogen-bond donors (Lipinski definition) is 1. The zero-order valence-electron chi connectivity index (χ0n) is 11.5. The molecule has 1 rings (SSSR count). The first-order chi connectivity index (χ1) is 8.69. The van der Waals surface area contributed by atoms with Crippen molar-refractivity contribution in [3.63, 3.8) is 0 Å². The van der Waals surface area contributed by atoms with Crippen LogP contribution in [0.25, 0.3) is 0 Å². The maximum atomic E-state index is 6.08. The molecule has 1 N–H and O–H groups in total. The van der Waals surface area contributed by atoms with E-state index in [0.717, 1.165) is 31.6 Å². The average molecular weight is 271 g/mol. The third kappa shape index (κ3) is 4.14. The lowest BCUT2D eigenvalue weighted by Gasteiger charge is -2.29. The van der Waals surface area contributed by atoms with Crippen LogP contribution >= 0.6 is 11.6 Å². The van der Waals surface area contributed by atoms with Crippen molar-refractivity contribution >= 4 is 11.6 Å². The lowest BCUT2D eigenvalue weighted by molar-refractivity contribution is 0.285. The van der Waals surface area contributed by atoms with Crippen LogP contribution in [0.1, 0.15) is 32.4 Å². The van der Waals surface area contributed by atoms with Gasteiger partial charge in [0.2, 0.25) is 5.88 Å². The fourth-order valence-corrected chi connectivity index (χ4v) is 2.33. The predicted octanol–water partition coefficient (Wildman–Crippen LogP) is 3.23. The third-order valence-electron chi connectivity index (χ3n) is 3.58. The highest BCUT2D eigenvalue weighted by atomic mass is 35.5. The first kappa shape index (κ1) is 15.3. The van der Waals surface area contributed by atoms with E-state index in [1.54, 1.807) is 7.11 Å². The quantitative estimate of drug-likeness (QED) is 0.737. The highest BCUT2D eigenvalue weighted by Crippen LogP contribution is 2.26. The molecule has 0 amide bonds. The van der Waals surface area contributed by atoms with E-state index in [9.17, 15) is 0 Å². The van der Waals surface area contributed by atoms with Gasteiger partial charge in [0.15, 0.2) is 0 Å². The smallest absolute Gasteiger partial charge is 0.213 e. The number of rotatable bonds is 8. The van der Waals surface area contributed by atoms with Gasteiger partial charge in [-0.2, -0.15) is 0 Å². The SMILES string of the molecule is CCC(CC)(CCl)CNCc1cccc(OC)n1. The van der Waals surface area contributed by atoms with Crippen molar-refractivity contribution in [1.29, 1.82) is 0 Å². The minimum atomic E-state index is 0.195. The molecule has 0 bridgehead atoms. The van der Waals surface area contributed by atoms with E-state index in [1.165, 1.54) is 0 Å². The molecule has 0 saturated heterocycles. The summed E-state index contributed by atoms with van der Waals surface area (Å²) in [4.78, 5) is 4.37. The molecule has 102 valence electrons. The maximum absolute atomic E-state index is 6.08. The summed E-state index contributed by atoms with van der Waals surface area (Å²) in [5.41, 5.74) is 1.19. The molecule has 0 saturated carbocycles. The topological polar surface area (TPSA) is 34.1 Å². The van der Waals surface area contributed by atoms with E-state index < -0.39 is 0 Å². The molecule has 4 heteroatoms. The largest absolute Gasteiger partial charge is 0.481 e. The molecule has 0 unspecified atom stereocenters. The molecule has 1 aromatic heterocycles. The molecular formula is C14H23ClN2O. The lowest BCUT2D eigenvalue weighted by Crippen LogP contribution is -2.34. The Morgan fingerprint density at radius 1 is 1.33 bits per heavy atom. The molecular weight excluding hydrogens is 248 g/mol. The van der Waals surface area contributed by atoms with E-state index in [0.29, 0.717) is 11.8 Å². The fourth-order valence-electron chi connectivity index (χ4n) is 1.86. The van der Waals surface area contributed by atoms with Crippen molar-refractivity contribution < 1.29 is 4.74 Å². The summed E-state index contributed by atoms with van der Waals surface area (Å²) < 4.78 is 5.11. The lowest BCUT2D eigenvalue weighted by atomic mass is 9.84. The molecule has 0 spiro atoms. The first-order valence-corrected chi connectivity index (χ1v) is 6.99. The minimum absolute atomic E-state index is 0.195. The van der Waals surface area contributed by atoms with Gasteiger partial charge >= 0.3 is 0 Å². The summed E-state index contributed by atoms with van der Waals surface area (Å²) in [6.07, 6.45) is 2.18. The van der Waals surface area contributed by atoms with Crippen LogP contribution < -0.4 is 10.1 Å². The number of ether oxygens (including phenoxy) is 1. The Morgan fingerprint density at radius 3 is 2.61 bits per heavy atom. The van der Waals surface area contributed by atoms with Gasteiger partial charge in [-0.1, -0.05) is 19.9 Å². The Labute approximate surface area is 115 Å². The summed E-state index contributed by atoms with van der Waals surface area (Å²) >= 11 is 6.08. The Bertz CT molecular complexity index is 345. The standard InChI is InChI=1S/C14H23ClN2O/c1-4-14(5-2,10-15)11-16-9-12-7-6-8-13(17-12)18-3/h6-8,16H,4-5,9-11H2,1-3H3. The van der Waals surface area contributed by atoms with Crippen molar-refractivity contribution in [3.05, 3.63) is 23.9 Å². The number of methoxy groups -OCH3 is 1. The maximum Gasteiger partial charge on any atom is 0.213 e. The molecule has 0 aliphatic heterocycles. The Kier molecular flexibility index (Phi) is 6.44. The monoisotopic (exact) mass is 270 g/mol. The second kappa shape index (κ2) is 7.59. The van der Waals surface area contributed by atoms with Crippen LogP contribution in [0.5, 0.6) is 5.88 Å². The van der Waals surface area contributed by atoms with Gasteiger partial charge in [-0.3, -0.25) is 0 Å². The molecule has 0 aliphatic carbocycles. The summed E-state index contributed by atoms with van der Waals surface area (Å²) in [5, 5.41) is 3.44. The Balaban J connectivity index is 2.49. The van der Waals surface area contributed by atoms with Crippen molar-refractivity contribution in [2.24, 2.45) is 5.41 Å². The predicted molar refractivity (Wildman–Crippen MR) is 76.2 cm³/mol. The highest BCUT2D eigenvalue weighted by Gasteiger charge is 2.24. The highest BCUT2D eigenvalue weighted by molar-refractivity contribution is 6.18. The molecule has 3 nitrogen and oxygen atoms in total. The van der Waals surface area contributed by atoms with Crippen LogP contribution in [0.15, 0.2) is 18.2 Å². The minimum Gasteiger partial charge on any atom is -0.481 e. The van der Waals surface area contributed by atoms with Gasteiger partial charge in [0.1, 0.15) is 0 Å². The van der Waals surface area contributed by atoms with E-state index in [1.807, 2.05) is 18.2 Å². The van der Waals surface area contributed by atoms with Gasteiger partial charge in [-0.15, -0.1) is 11.6 Å². The summed E-state index contributed by atoms with van der Waals surface area (Å²) in [7, 11) is 1.63. The Hall–Kier alpha value is -0.800. The van der Waals surface area contributed by atoms with Gasteiger partial charge in [0, 0.05) is 25.0 Å². The van der Waals surface area contributed by atoms with Crippen LogP contribution in [0.4, 0.5) is 0 Å². The van der Waals surface area contributed by atoms with Crippen LogP contribution in [-0.2, 0) is 6.54 Å². The molecule has 0 atom stereocenters. The first-order valence-electron chi connectivity index (χ1n) is 6.46. The summed E-state index contributed by atoms with van der Waals surface area (Å²) in [6.45, 7) is 6.05. The van der Waals surface area contributed by atoms with E-state index in [4.69, 9.17) is 16.3 Å². The van der Waals surface area contributed by atoms with Gasteiger partial charge in [-0.05, 0) is 24.3 Å². The molecule has 0 radical (unpaired) electrons. The van der Waals surface area contributed by atoms with Crippen molar-refractivity contribution in [1.82, 2.24) is 10.3 Å². The average Bonchev–Trinajstić information content (AvgIpc) is 2.44. The number of hydrogen-bond acceptors (Lipinski definition) is 3. The number of alkyl halides is 1. The van der Waals surface area contributed by atoms with Gasteiger partial charge in [0.05, 0.1) is 12.8 Å². The number of aromatic nitrogens is 1. The summed E-state index contributed by atoms with van der Waals surface area (Å²) in [6, 6.07) is 5.80. The fraction of sp³-hybridized carbons (Fsp3) is 0.643. The second-order valence-electron chi connectivity index (χ2n) is 4.62. The zero-order valence-corrected chi connectivity index (χ0v) is 12.3. The van der Waals surface area contributed by atoms with Gasteiger partial charge in [0.25, 0.3) is 0 Å². The van der Waals surface area contributed by atoms with E-state index >= 15 is 0 Å². The number of pyridine rings is 1. The van der Waals surface area contributed by atoms with Crippen LogP contribution in [-0.4, -0.2) is 24.5 Å². The summed E-state index contributed by atoms with van der Waals surface area (Å²) in [5.74, 6) is 1.35. The van der Waals surface area contributed by atoms with Crippen LogP contribution in [0, 0.1) is 5.41 Å². The van der Waals surface area contributed by atoms with Crippen LogP contribution in [0.2, 0.25) is 0 Å². The molecule has 0 aliphatic rings. The molecule has 0 aromatic carbocycles. The Morgan fingerprint density at radius 2 is 2.06 bits per heavy atom. The third-order valence-corrected chi connectivity index (χ3v) is 4.15. The normalized spacial score (nSPS) is 11.6. The zero-order chi connectivity index (χ0) is 13.4. The molecule has 1 aromatic rings. The van der Waals surface area contributed by atoms with Crippen molar-refractivity contribution in [3.8, 4) is 5.88 Å².